The SMILES string of the molecule is CC(OC(=O)Cn1nnc2ccccc2c1=O)C(=O)NCC1CCCCC1. The molecule has 0 saturated heterocycles. The summed E-state index contributed by atoms with van der Waals surface area (Å²) in [5, 5.41) is 10.9. The second-order valence-electron chi connectivity index (χ2n) is 6.95. The summed E-state index contributed by atoms with van der Waals surface area (Å²) in [5.74, 6) is -0.537. The van der Waals surface area contributed by atoms with Crippen LogP contribution in [0.15, 0.2) is 29.1 Å². The molecule has 1 aliphatic carbocycles. The maximum Gasteiger partial charge on any atom is 0.328 e. The van der Waals surface area contributed by atoms with Gasteiger partial charge in [-0.3, -0.25) is 14.4 Å². The molecule has 1 amide bonds. The predicted molar refractivity (Wildman–Crippen MR) is 98.9 cm³/mol. The third kappa shape index (κ3) is 4.90. The van der Waals surface area contributed by atoms with Gasteiger partial charge in [0.1, 0.15) is 12.1 Å². The number of carbonyl (C=O) groups is 2. The van der Waals surface area contributed by atoms with E-state index in [2.05, 4.69) is 15.6 Å². The molecule has 144 valence electrons. The van der Waals surface area contributed by atoms with Gasteiger partial charge in [-0.25, -0.2) is 0 Å². The number of nitrogens with zero attached hydrogens (tertiary/aromatic N) is 3. The minimum atomic E-state index is -0.926. The molecule has 1 atom stereocenters. The Morgan fingerprint density at radius 1 is 1.26 bits per heavy atom. The highest BCUT2D eigenvalue weighted by Gasteiger charge is 2.21. The highest BCUT2D eigenvalue weighted by atomic mass is 16.5. The summed E-state index contributed by atoms with van der Waals surface area (Å²) in [6, 6.07) is 6.76. The smallest absolute Gasteiger partial charge is 0.328 e. The highest BCUT2D eigenvalue weighted by Crippen LogP contribution is 2.22. The number of hydrogen-bond donors (Lipinski definition) is 1. The lowest BCUT2D eigenvalue weighted by Crippen LogP contribution is -2.39. The van der Waals surface area contributed by atoms with Crippen molar-refractivity contribution < 1.29 is 14.3 Å². The van der Waals surface area contributed by atoms with Crippen LogP contribution < -0.4 is 10.9 Å². The van der Waals surface area contributed by atoms with Gasteiger partial charge in [0.2, 0.25) is 0 Å². The van der Waals surface area contributed by atoms with Gasteiger partial charge in [0, 0.05) is 6.54 Å². The van der Waals surface area contributed by atoms with Crippen LogP contribution in [0.5, 0.6) is 0 Å². The third-order valence-electron chi connectivity index (χ3n) is 4.88. The zero-order valence-electron chi connectivity index (χ0n) is 15.4. The van der Waals surface area contributed by atoms with E-state index in [0.717, 1.165) is 17.5 Å². The molecule has 1 saturated carbocycles. The molecule has 0 aliphatic heterocycles. The number of carbonyl (C=O) groups excluding carboxylic acids is 2. The van der Waals surface area contributed by atoms with Crippen molar-refractivity contribution in [1.82, 2.24) is 20.3 Å². The van der Waals surface area contributed by atoms with Crippen LogP contribution in [0, 0.1) is 5.92 Å². The monoisotopic (exact) mass is 372 g/mol. The van der Waals surface area contributed by atoms with Gasteiger partial charge in [0.15, 0.2) is 6.10 Å². The first kappa shape index (κ1) is 19.0. The molecule has 1 N–H and O–H groups in total. The normalized spacial score (nSPS) is 16.0. The van der Waals surface area contributed by atoms with Crippen molar-refractivity contribution in [2.45, 2.75) is 51.7 Å². The second kappa shape index (κ2) is 8.75. The fraction of sp³-hybridized carbons (Fsp3) is 0.526. The zero-order chi connectivity index (χ0) is 19.2. The second-order valence-corrected chi connectivity index (χ2v) is 6.95. The van der Waals surface area contributed by atoms with Crippen LogP contribution >= 0.6 is 0 Å². The Morgan fingerprint density at radius 2 is 2.00 bits per heavy atom. The lowest BCUT2D eigenvalue weighted by atomic mass is 9.89. The number of amides is 1. The maximum atomic E-state index is 12.3. The largest absolute Gasteiger partial charge is 0.451 e. The van der Waals surface area contributed by atoms with Gasteiger partial charge in [-0.05, 0) is 37.8 Å². The van der Waals surface area contributed by atoms with Gasteiger partial charge in [0.25, 0.3) is 11.5 Å². The summed E-state index contributed by atoms with van der Waals surface area (Å²) in [6.07, 6.45) is 4.98. The van der Waals surface area contributed by atoms with E-state index in [1.54, 1.807) is 24.3 Å². The Balaban J connectivity index is 1.53. The number of benzene rings is 1. The molecule has 2 aromatic rings. The number of esters is 1. The van der Waals surface area contributed by atoms with Crippen molar-refractivity contribution in [2.24, 2.45) is 5.92 Å². The van der Waals surface area contributed by atoms with Crippen LogP contribution in [0.3, 0.4) is 0 Å². The van der Waals surface area contributed by atoms with E-state index >= 15 is 0 Å². The van der Waals surface area contributed by atoms with Gasteiger partial charge >= 0.3 is 5.97 Å². The molecule has 1 heterocycles. The molecule has 1 fully saturated rings. The number of hydrogen-bond acceptors (Lipinski definition) is 6. The molecule has 0 spiro atoms. The minimum absolute atomic E-state index is 0.328. The first-order chi connectivity index (χ1) is 13.0. The third-order valence-corrected chi connectivity index (χ3v) is 4.88. The Kier molecular flexibility index (Phi) is 6.16. The number of fused-ring (bicyclic) bond motifs is 1. The van der Waals surface area contributed by atoms with E-state index in [9.17, 15) is 14.4 Å². The number of ether oxygens (including phenoxy) is 1. The maximum absolute atomic E-state index is 12.3. The van der Waals surface area contributed by atoms with Gasteiger partial charge in [-0.2, -0.15) is 4.68 Å². The summed E-state index contributed by atoms with van der Waals surface area (Å²) in [5.41, 5.74) is 0.0366. The summed E-state index contributed by atoms with van der Waals surface area (Å²) in [4.78, 5) is 36.6. The van der Waals surface area contributed by atoms with E-state index in [4.69, 9.17) is 4.74 Å². The van der Waals surface area contributed by atoms with E-state index in [1.807, 2.05) is 0 Å². The Bertz CT molecular complexity index is 873. The van der Waals surface area contributed by atoms with Crippen molar-refractivity contribution >= 4 is 22.8 Å². The van der Waals surface area contributed by atoms with Gasteiger partial charge in [-0.1, -0.05) is 36.6 Å². The fourth-order valence-electron chi connectivity index (χ4n) is 3.32. The quantitative estimate of drug-likeness (QED) is 0.769. The van der Waals surface area contributed by atoms with Gasteiger partial charge in [-0.15, -0.1) is 5.10 Å². The summed E-state index contributed by atoms with van der Waals surface area (Å²) in [6.45, 7) is 1.73. The van der Waals surface area contributed by atoms with Gasteiger partial charge < -0.3 is 10.1 Å². The zero-order valence-corrected chi connectivity index (χ0v) is 15.4. The topological polar surface area (TPSA) is 103 Å². The van der Waals surface area contributed by atoms with Crippen molar-refractivity contribution in [1.29, 1.82) is 0 Å². The molecule has 27 heavy (non-hydrogen) atoms. The number of aromatic nitrogens is 3. The van der Waals surface area contributed by atoms with E-state index in [1.165, 1.54) is 26.2 Å². The molecule has 0 bridgehead atoms. The summed E-state index contributed by atoms with van der Waals surface area (Å²) < 4.78 is 6.09. The molecule has 3 rings (SSSR count). The van der Waals surface area contributed by atoms with Crippen LogP contribution in [-0.2, 0) is 20.9 Å². The molecular weight excluding hydrogens is 348 g/mol. The van der Waals surface area contributed by atoms with E-state index in [-0.39, 0.29) is 5.91 Å². The van der Waals surface area contributed by atoms with Crippen LogP contribution in [0.25, 0.3) is 10.9 Å². The summed E-state index contributed by atoms with van der Waals surface area (Å²) in [7, 11) is 0. The van der Waals surface area contributed by atoms with Crippen LogP contribution in [0.2, 0.25) is 0 Å². The van der Waals surface area contributed by atoms with Gasteiger partial charge in [0.05, 0.1) is 5.39 Å². The van der Waals surface area contributed by atoms with Crippen LogP contribution in [0.4, 0.5) is 0 Å². The summed E-state index contributed by atoms with van der Waals surface area (Å²) >= 11 is 0. The van der Waals surface area contributed by atoms with Crippen LogP contribution in [-0.4, -0.2) is 39.5 Å². The number of rotatable bonds is 6. The standard InChI is InChI=1S/C19H24N4O4/c1-13(18(25)20-11-14-7-3-2-4-8-14)27-17(24)12-23-19(26)15-9-5-6-10-16(15)21-22-23/h5-6,9-10,13-14H,2-4,7-8,11-12H2,1H3,(H,20,25). The lowest BCUT2D eigenvalue weighted by Gasteiger charge is -2.22. The number of nitrogens with one attached hydrogen (secondary N) is 1. The van der Waals surface area contributed by atoms with Crippen molar-refractivity contribution in [3.63, 3.8) is 0 Å². The molecule has 1 aromatic carbocycles. The van der Waals surface area contributed by atoms with Crippen LogP contribution in [0.1, 0.15) is 39.0 Å². The average molecular weight is 372 g/mol. The lowest BCUT2D eigenvalue weighted by molar-refractivity contribution is -0.155. The van der Waals surface area contributed by atoms with E-state index in [0.29, 0.717) is 23.4 Å². The van der Waals surface area contributed by atoms with E-state index < -0.39 is 24.2 Å². The molecule has 1 unspecified atom stereocenters. The molecule has 1 aliphatic rings. The average Bonchev–Trinajstić information content (AvgIpc) is 2.69. The first-order valence-corrected chi connectivity index (χ1v) is 9.34. The molecule has 0 radical (unpaired) electrons. The van der Waals surface area contributed by atoms with Crippen molar-refractivity contribution in [3.05, 3.63) is 34.6 Å². The minimum Gasteiger partial charge on any atom is -0.451 e. The Labute approximate surface area is 156 Å². The Morgan fingerprint density at radius 3 is 2.78 bits per heavy atom. The fourth-order valence-corrected chi connectivity index (χ4v) is 3.32. The molecule has 8 heteroatoms. The highest BCUT2D eigenvalue weighted by molar-refractivity contribution is 5.83. The van der Waals surface area contributed by atoms with Crippen molar-refractivity contribution in [2.75, 3.05) is 6.54 Å². The molecule has 8 nitrogen and oxygen atoms in total. The molecular formula is C19H24N4O4. The predicted octanol–water partition coefficient (Wildman–Crippen LogP) is 1.42. The van der Waals surface area contributed by atoms with Crippen molar-refractivity contribution in [3.8, 4) is 0 Å². The molecule has 1 aromatic heterocycles. The Hall–Kier alpha value is -2.77. The first-order valence-electron chi connectivity index (χ1n) is 9.34.